The van der Waals surface area contributed by atoms with Gasteiger partial charge in [-0.2, -0.15) is 0 Å². The lowest BCUT2D eigenvalue weighted by Gasteiger charge is -2.32. The van der Waals surface area contributed by atoms with Crippen LogP contribution in [0.2, 0.25) is 5.02 Å². The molecule has 2 fully saturated rings. The minimum atomic E-state index is -0.496. The lowest BCUT2D eigenvalue weighted by Crippen LogP contribution is -2.32. The van der Waals surface area contributed by atoms with E-state index in [2.05, 4.69) is 0 Å². The predicted molar refractivity (Wildman–Crippen MR) is 121 cm³/mol. The monoisotopic (exact) mass is 470 g/mol. The molecule has 9 heteroatoms. The van der Waals surface area contributed by atoms with E-state index in [1.165, 1.54) is 6.07 Å². The van der Waals surface area contributed by atoms with Crippen molar-refractivity contribution in [2.75, 3.05) is 19.8 Å². The molecular weight excluding hydrogens is 447 g/mol. The molecule has 7 nitrogen and oxygen atoms in total. The number of benzene rings is 1. The topological polar surface area (TPSA) is 79.1 Å². The smallest absolute Gasteiger partial charge is 0.280 e. The Labute approximate surface area is 194 Å². The van der Waals surface area contributed by atoms with Crippen LogP contribution in [0.3, 0.4) is 0 Å². The van der Waals surface area contributed by atoms with E-state index in [1.54, 1.807) is 16.7 Å². The number of ether oxygens (including phenoxy) is 2. The Morgan fingerprint density at radius 1 is 1.12 bits per heavy atom. The van der Waals surface area contributed by atoms with Gasteiger partial charge in [-0.25, -0.2) is 19.3 Å². The van der Waals surface area contributed by atoms with Crippen molar-refractivity contribution in [2.45, 2.75) is 50.7 Å². The fourth-order valence-electron chi connectivity index (χ4n) is 5.27. The molecule has 0 saturated carbocycles. The lowest BCUT2D eigenvalue weighted by atomic mass is 9.87. The van der Waals surface area contributed by atoms with Gasteiger partial charge >= 0.3 is 0 Å². The van der Waals surface area contributed by atoms with Crippen molar-refractivity contribution in [3.63, 3.8) is 0 Å². The second kappa shape index (κ2) is 8.42. The van der Waals surface area contributed by atoms with Gasteiger partial charge < -0.3 is 9.47 Å². The summed E-state index contributed by atoms with van der Waals surface area (Å²) < 4.78 is 28.3. The summed E-state index contributed by atoms with van der Waals surface area (Å²) in [6.45, 7) is 2.69. The van der Waals surface area contributed by atoms with E-state index >= 15 is 0 Å². The van der Waals surface area contributed by atoms with Crippen molar-refractivity contribution >= 4 is 22.6 Å². The number of halogens is 2. The molecule has 0 spiro atoms. The maximum Gasteiger partial charge on any atom is 0.280 e. The van der Waals surface area contributed by atoms with Crippen LogP contribution in [0, 0.1) is 11.7 Å². The zero-order valence-corrected chi connectivity index (χ0v) is 18.9. The Balaban J connectivity index is 1.51. The van der Waals surface area contributed by atoms with Crippen LogP contribution in [0.15, 0.2) is 23.0 Å². The zero-order valence-electron chi connectivity index (χ0n) is 18.1. The molecule has 0 N–H and O–H groups in total. The first-order valence-corrected chi connectivity index (χ1v) is 11.9. The van der Waals surface area contributed by atoms with Crippen molar-refractivity contribution in [2.24, 2.45) is 5.92 Å². The van der Waals surface area contributed by atoms with Crippen LogP contribution in [0.25, 0.3) is 22.3 Å². The molecule has 3 aliphatic rings. The minimum absolute atomic E-state index is 0.0144. The highest BCUT2D eigenvalue weighted by Gasteiger charge is 2.34. The molecule has 0 bridgehead atoms. The first-order valence-electron chi connectivity index (χ1n) is 11.5. The number of hydrogen-bond donors (Lipinski definition) is 0. The van der Waals surface area contributed by atoms with Gasteiger partial charge in [-0.05, 0) is 43.9 Å². The molecule has 2 saturated heterocycles. The highest BCUT2D eigenvalue weighted by Crippen LogP contribution is 2.36. The van der Waals surface area contributed by atoms with Crippen LogP contribution in [0.1, 0.15) is 43.3 Å². The van der Waals surface area contributed by atoms with Crippen LogP contribution >= 0.6 is 11.6 Å². The minimum Gasteiger partial charge on any atom is -0.381 e. The Morgan fingerprint density at radius 2 is 2.03 bits per heavy atom. The molecule has 1 unspecified atom stereocenters. The highest BCUT2D eigenvalue weighted by molar-refractivity contribution is 6.30. The predicted octanol–water partition coefficient (Wildman–Crippen LogP) is 3.89. The zero-order chi connectivity index (χ0) is 22.5. The molecule has 6 rings (SSSR count). The molecule has 3 aromatic rings. The van der Waals surface area contributed by atoms with Crippen LogP contribution in [-0.4, -0.2) is 45.4 Å². The number of hydrogen-bond acceptors (Lipinski definition) is 6. The van der Waals surface area contributed by atoms with Gasteiger partial charge in [0.25, 0.3) is 5.56 Å². The fourth-order valence-corrected chi connectivity index (χ4v) is 5.43. The summed E-state index contributed by atoms with van der Waals surface area (Å²) in [5.74, 6) is 1.13. The molecule has 0 radical (unpaired) electrons. The summed E-state index contributed by atoms with van der Waals surface area (Å²) in [7, 11) is 0. The van der Waals surface area contributed by atoms with Crippen LogP contribution in [0.5, 0.6) is 0 Å². The fraction of sp³-hybridized carbons (Fsp3) is 0.500. The van der Waals surface area contributed by atoms with Crippen molar-refractivity contribution in [1.29, 1.82) is 0 Å². The van der Waals surface area contributed by atoms with Crippen molar-refractivity contribution in [1.82, 2.24) is 19.5 Å². The number of aryl methyl sites for hydroxylation is 1. The third-order valence-electron chi connectivity index (χ3n) is 7.04. The van der Waals surface area contributed by atoms with Gasteiger partial charge in [0.1, 0.15) is 28.7 Å². The van der Waals surface area contributed by atoms with Gasteiger partial charge in [-0.3, -0.25) is 9.36 Å². The molecular formula is C24H24ClFN4O3. The lowest BCUT2D eigenvalue weighted by molar-refractivity contribution is -0.0315. The molecule has 2 aromatic heterocycles. The molecule has 3 atom stereocenters. The van der Waals surface area contributed by atoms with E-state index in [0.29, 0.717) is 60.0 Å². The number of nitrogens with zero attached hydrogens (tertiary/aromatic N) is 4. The van der Waals surface area contributed by atoms with Gasteiger partial charge in [-0.15, -0.1) is 0 Å². The van der Waals surface area contributed by atoms with Crippen LogP contribution in [0.4, 0.5) is 4.39 Å². The maximum atomic E-state index is 15.0. The van der Waals surface area contributed by atoms with Crippen LogP contribution < -0.4 is 5.56 Å². The first kappa shape index (κ1) is 21.1. The van der Waals surface area contributed by atoms with Gasteiger partial charge in [0.2, 0.25) is 0 Å². The number of fused-ring (bicyclic) bond motifs is 2. The molecule has 0 aliphatic carbocycles. The van der Waals surface area contributed by atoms with E-state index in [4.69, 9.17) is 36.0 Å². The van der Waals surface area contributed by atoms with Crippen molar-refractivity contribution in [3.05, 3.63) is 51.0 Å². The summed E-state index contributed by atoms with van der Waals surface area (Å²) in [6.07, 6.45) is 4.11. The first-order chi connectivity index (χ1) is 16.1. The van der Waals surface area contributed by atoms with Gasteiger partial charge in [-0.1, -0.05) is 11.6 Å². The summed E-state index contributed by atoms with van der Waals surface area (Å²) in [6, 6.07) is 4.48. The Kier molecular flexibility index (Phi) is 5.39. The third kappa shape index (κ3) is 3.74. The van der Waals surface area contributed by atoms with Gasteiger partial charge in [0.15, 0.2) is 5.52 Å². The quantitative estimate of drug-likeness (QED) is 0.577. The Morgan fingerprint density at radius 3 is 2.85 bits per heavy atom. The highest BCUT2D eigenvalue weighted by atomic mass is 35.5. The Hall–Kier alpha value is -2.42. The van der Waals surface area contributed by atoms with Crippen molar-refractivity contribution in [3.8, 4) is 11.3 Å². The second-order valence-electron chi connectivity index (χ2n) is 9.09. The average Bonchev–Trinajstić information content (AvgIpc) is 3.52. The van der Waals surface area contributed by atoms with Gasteiger partial charge in [0, 0.05) is 48.6 Å². The average molecular weight is 471 g/mol. The molecule has 172 valence electrons. The molecule has 5 heterocycles. The Bertz CT molecular complexity index is 1290. The summed E-state index contributed by atoms with van der Waals surface area (Å²) in [5.41, 5.74) is 1.05. The standard InChI is InChI=1S/C24H24ClFN4O3/c25-15-3-4-16(17(26)11-15)20-21-22(24(31)30-7-1-2-19(30)27-21)29-23(28-20)13-6-9-33-18(10-13)14-5-8-32-12-14/h3-4,11,13-14,18H,1-2,5-10,12H2/t13-,14?,18+/m0/s1. The summed E-state index contributed by atoms with van der Waals surface area (Å²) >= 11 is 5.99. The largest absolute Gasteiger partial charge is 0.381 e. The molecule has 0 amide bonds. The number of aromatic nitrogens is 4. The van der Waals surface area contributed by atoms with Crippen molar-refractivity contribution < 1.29 is 13.9 Å². The molecule has 1 aromatic carbocycles. The van der Waals surface area contributed by atoms with E-state index in [1.807, 2.05) is 0 Å². The van der Waals surface area contributed by atoms with Crippen LogP contribution in [-0.2, 0) is 22.4 Å². The maximum absolute atomic E-state index is 15.0. The summed E-state index contributed by atoms with van der Waals surface area (Å²) in [4.78, 5) is 27.6. The van der Waals surface area contributed by atoms with E-state index < -0.39 is 5.82 Å². The molecule has 33 heavy (non-hydrogen) atoms. The SMILES string of the molecule is O=c1c2nc([C@H]3CCO[C@@H](C4CCOC4)C3)nc(-c3ccc(Cl)cc3F)c2nc2n1CCC2. The number of rotatable bonds is 3. The van der Waals surface area contributed by atoms with Gasteiger partial charge in [0.05, 0.1) is 12.7 Å². The van der Waals surface area contributed by atoms with E-state index in [9.17, 15) is 9.18 Å². The second-order valence-corrected chi connectivity index (χ2v) is 9.53. The third-order valence-corrected chi connectivity index (χ3v) is 7.28. The van der Waals surface area contributed by atoms with E-state index in [0.717, 1.165) is 32.3 Å². The van der Waals surface area contributed by atoms with E-state index in [-0.39, 0.29) is 28.7 Å². The molecule has 3 aliphatic heterocycles. The summed E-state index contributed by atoms with van der Waals surface area (Å²) in [5, 5.41) is 0.301. The normalized spacial score (nSPS) is 25.0.